The summed E-state index contributed by atoms with van der Waals surface area (Å²) in [7, 11) is 0. The van der Waals surface area contributed by atoms with Gasteiger partial charge in [-0.2, -0.15) is 0 Å². The summed E-state index contributed by atoms with van der Waals surface area (Å²) >= 11 is 0. The average Bonchev–Trinajstić information content (AvgIpc) is 2.51. The standard InChI is InChI=1S/C17H22N4O/c1-4-5-8-18-16-11-19-15(10-20-16)17(22)21-14-7-6-12(2)9-13(14)3/h6-7,9-11H,4-5,8H2,1-3H3,(H,18,20)(H,21,22). The number of aryl methyl sites for hydroxylation is 2. The topological polar surface area (TPSA) is 66.9 Å². The molecule has 0 saturated carbocycles. The number of unbranched alkanes of at least 4 members (excludes halogenated alkanes) is 1. The first-order valence-electron chi connectivity index (χ1n) is 7.54. The SMILES string of the molecule is CCCCNc1cnc(C(=O)Nc2ccc(C)cc2C)cn1. The molecule has 1 heterocycles. The number of anilines is 2. The molecule has 116 valence electrons. The Morgan fingerprint density at radius 1 is 1.18 bits per heavy atom. The molecular weight excluding hydrogens is 276 g/mol. The van der Waals surface area contributed by atoms with Crippen LogP contribution in [-0.2, 0) is 0 Å². The van der Waals surface area contributed by atoms with Crippen molar-refractivity contribution in [2.24, 2.45) is 0 Å². The van der Waals surface area contributed by atoms with Gasteiger partial charge in [-0.15, -0.1) is 0 Å². The van der Waals surface area contributed by atoms with Gasteiger partial charge in [0.25, 0.3) is 5.91 Å². The normalized spacial score (nSPS) is 10.3. The minimum Gasteiger partial charge on any atom is -0.369 e. The Balaban J connectivity index is 2.00. The first kappa shape index (κ1) is 15.9. The van der Waals surface area contributed by atoms with Crippen LogP contribution < -0.4 is 10.6 Å². The Kier molecular flexibility index (Phi) is 5.47. The van der Waals surface area contributed by atoms with Gasteiger partial charge in [0.05, 0.1) is 12.4 Å². The van der Waals surface area contributed by atoms with E-state index >= 15 is 0 Å². The first-order chi connectivity index (χ1) is 10.6. The van der Waals surface area contributed by atoms with E-state index in [9.17, 15) is 4.79 Å². The predicted molar refractivity (Wildman–Crippen MR) is 89.3 cm³/mol. The number of carbonyl (C=O) groups excluding carboxylic acids is 1. The second-order valence-electron chi connectivity index (χ2n) is 5.34. The van der Waals surface area contributed by atoms with E-state index in [1.54, 1.807) is 6.20 Å². The van der Waals surface area contributed by atoms with Gasteiger partial charge in [0.1, 0.15) is 11.5 Å². The second-order valence-corrected chi connectivity index (χ2v) is 5.34. The molecule has 0 unspecified atom stereocenters. The van der Waals surface area contributed by atoms with Gasteiger partial charge in [0.15, 0.2) is 0 Å². The van der Waals surface area contributed by atoms with Crippen molar-refractivity contribution in [1.82, 2.24) is 9.97 Å². The number of hydrogen-bond donors (Lipinski definition) is 2. The lowest BCUT2D eigenvalue weighted by Crippen LogP contribution is -2.15. The molecule has 0 aliphatic rings. The molecule has 0 fully saturated rings. The molecule has 0 radical (unpaired) electrons. The van der Waals surface area contributed by atoms with Crippen LogP contribution in [0.2, 0.25) is 0 Å². The fraction of sp³-hybridized carbons (Fsp3) is 0.353. The Morgan fingerprint density at radius 2 is 2.00 bits per heavy atom. The minimum atomic E-state index is -0.250. The highest BCUT2D eigenvalue weighted by Gasteiger charge is 2.09. The van der Waals surface area contributed by atoms with E-state index in [1.807, 2.05) is 32.0 Å². The van der Waals surface area contributed by atoms with Crippen molar-refractivity contribution in [2.45, 2.75) is 33.6 Å². The van der Waals surface area contributed by atoms with E-state index < -0.39 is 0 Å². The van der Waals surface area contributed by atoms with Crippen LogP contribution in [0, 0.1) is 13.8 Å². The van der Waals surface area contributed by atoms with Gasteiger partial charge in [0.2, 0.25) is 0 Å². The molecule has 1 aromatic carbocycles. The summed E-state index contributed by atoms with van der Waals surface area (Å²) in [4.78, 5) is 20.6. The van der Waals surface area contributed by atoms with E-state index in [1.165, 1.54) is 6.20 Å². The van der Waals surface area contributed by atoms with E-state index in [4.69, 9.17) is 0 Å². The molecule has 1 amide bonds. The quantitative estimate of drug-likeness (QED) is 0.800. The van der Waals surface area contributed by atoms with E-state index in [2.05, 4.69) is 27.5 Å². The highest BCUT2D eigenvalue weighted by Crippen LogP contribution is 2.16. The smallest absolute Gasteiger partial charge is 0.275 e. The number of carbonyl (C=O) groups is 1. The van der Waals surface area contributed by atoms with Gasteiger partial charge in [-0.1, -0.05) is 31.0 Å². The molecule has 2 rings (SSSR count). The summed E-state index contributed by atoms with van der Waals surface area (Å²) in [5.41, 5.74) is 3.29. The Morgan fingerprint density at radius 3 is 2.64 bits per heavy atom. The number of nitrogens with zero attached hydrogens (tertiary/aromatic N) is 2. The maximum Gasteiger partial charge on any atom is 0.275 e. The van der Waals surface area contributed by atoms with Crippen LogP contribution in [0.15, 0.2) is 30.6 Å². The van der Waals surface area contributed by atoms with Crippen LogP contribution in [0.4, 0.5) is 11.5 Å². The summed E-state index contributed by atoms with van der Waals surface area (Å²) in [6, 6.07) is 5.90. The molecule has 1 aromatic heterocycles. The fourth-order valence-corrected chi connectivity index (χ4v) is 2.07. The van der Waals surface area contributed by atoms with Crippen molar-refractivity contribution >= 4 is 17.4 Å². The number of rotatable bonds is 6. The summed E-state index contributed by atoms with van der Waals surface area (Å²) in [6.07, 6.45) is 5.28. The molecule has 0 bridgehead atoms. The zero-order valence-corrected chi connectivity index (χ0v) is 13.3. The Labute approximate surface area is 131 Å². The largest absolute Gasteiger partial charge is 0.369 e. The predicted octanol–water partition coefficient (Wildman–Crippen LogP) is 3.56. The van der Waals surface area contributed by atoms with E-state index in [0.717, 1.165) is 36.2 Å². The summed E-state index contributed by atoms with van der Waals surface area (Å²) in [6.45, 7) is 6.98. The molecule has 5 nitrogen and oxygen atoms in total. The highest BCUT2D eigenvalue weighted by atomic mass is 16.1. The number of benzene rings is 1. The van der Waals surface area contributed by atoms with Gasteiger partial charge in [-0.05, 0) is 31.9 Å². The van der Waals surface area contributed by atoms with Crippen molar-refractivity contribution in [3.8, 4) is 0 Å². The third-order valence-electron chi connectivity index (χ3n) is 3.35. The summed E-state index contributed by atoms with van der Waals surface area (Å²) in [5, 5.41) is 6.04. The zero-order chi connectivity index (χ0) is 15.9. The summed E-state index contributed by atoms with van der Waals surface area (Å²) < 4.78 is 0. The van der Waals surface area contributed by atoms with Gasteiger partial charge in [-0.25, -0.2) is 9.97 Å². The third kappa shape index (κ3) is 4.28. The number of nitrogens with one attached hydrogen (secondary N) is 2. The molecular formula is C17H22N4O. The van der Waals surface area contributed by atoms with Crippen molar-refractivity contribution in [2.75, 3.05) is 17.2 Å². The minimum absolute atomic E-state index is 0.250. The summed E-state index contributed by atoms with van der Waals surface area (Å²) in [5.74, 6) is 0.441. The lowest BCUT2D eigenvalue weighted by atomic mass is 10.1. The van der Waals surface area contributed by atoms with Crippen molar-refractivity contribution in [3.05, 3.63) is 47.4 Å². The number of hydrogen-bond acceptors (Lipinski definition) is 4. The highest BCUT2D eigenvalue weighted by molar-refractivity contribution is 6.03. The monoisotopic (exact) mass is 298 g/mol. The lowest BCUT2D eigenvalue weighted by Gasteiger charge is -2.09. The van der Waals surface area contributed by atoms with Gasteiger partial charge in [0, 0.05) is 12.2 Å². The van der Waals surface area contributed by atoms with Gasteiger partial charge in [-0.3, -0.25) is 4.79 Å². The molecule has 5 heteroatoms. The van der Waals surface area contributed by atoms with Crippen LogP contribution in [0.3, 0.4) is 0 Å². The Bertz CT molecular complexity index is 638. The lowest BCUT2D eigenvalue weighted by molar-refractivity contribution is 0.102. The molecule has 0 atom stereocenters. The first-order valence-corrected chi connectivity index (χ1v) is 7.54. The number of aromatic nitrogens is 2. The number of amides is 1. The van der Waals surface area contributed by atoms with Crippen LogP contribution in [-0.4, -0.2) is 22.4 Å². The third-order valence-corrected chi connectivity index (χ3v) is 3.35. The van der Waals surface area contributed by atoms with Crippen LogP contribution >= 0.6 is 0 Å². The Hall–Kier alpha value is -2.43. The molecule has 0 spiro atoms. The second kappa shape index (κ2) is 7.54. The molecule has 22 heavy (non-hydrogen) atoms. The van der Waals surface area contributed by atoms with E-state index in [-0.39, 0.29) is 5.91 Å². The van der Waals surface area contributed by atoms with Crippen molar-refractivity contribution < 1.29 is 4.79 Å². The maximum absolute atomic E-state index is 12.2. The molecule has 0 aliphatic heterocycles. The molecule has 0 saturated heterocycles. The van der Waals surface area contributed by atoms with Crippen LogP contribution in [0.5, 0.6) is 0 Å². The van der Waals surface area contributed by atoms with Gasteiger partial charge < -0.3 is 10.6 Å². The van der Waals surface area contributed by atoms with Gasteiger partial charge >= 0.3 is 0 Å². The van der Waals surface area contributed by atoms with E-state index in [0.29, 0.717) is 11.5 Å². The zero-order valence-electron chi connectivity index (χ0n) is 13.3. The van der Waals surface area contributed by atoms with Crippen LogP contribution in [0.25, 0.3) is 0 Å². The van der Waals surface area contributed by atoms with Crippen molar-refractivity contribution in [1.29, 1.82) is 0 Å². The molecule has 2 N–H and O–H groups in total. The average molecular weight is 298 g/mol. The fourth-order valence-electron chi connectivity index (χ4n) is 2.07. The van der Waals surface area contributed by atoms with Crippen molar-refractivity contribution in [3.63, 3.8) is 0 Å². The molecule has 0 aliphatic carbocycles. The van der Waals surface area contributed by atoms with Crippen LogP contribution in [0.1, 0.15) is 41.4 Å². The maximum atomic E-state index is 12.2. The molecule has 2 aromatic rings.